The molecule has 102 valence electrons. The molecule has 1 aliphatic carbocycles. The third-order valence-electron chi connectivity index (χ3n) is 4.00. The fourth-order valence-electron chi connectivity index (χ4n) is 2.47. The van der Waals surface area contributed by atoms with E-state index >= 15 is 0 Å². The van der Waals surface area contributed by atoms with E-state index in [-0.39, 0.29) is 0 Å². The Labute approximate surface area is 112 Å². The van der Waals surface area contributed by atoms with Crippen molar-refractivity contribution in [2.24, 2.45) is 5.92 Å². The highest BCUT2D eigenvalue weighted by atomic mass is 15.0. The fraction of sp³-hybridized carbons (Fsp3) is 0.750. The van der Waals surface area contributed by atoms with Gasteiger partial charge in [0.25, 0.3) is 0 Å². The molecule has 1 aromatic heterocycles. The monoisotopic (exact) mass is 248 g/mol. The first-order chi connectivity index (χ1) is 8.81. The van der Waals surface area contributed by atoms with Crippen LogP contribution in [0.3, 0.4) is 0 Å². The van der Waals surface area contributed by atoms with Gasteiger partial charge in [0.15, 0.2) is 0 Å². The van der Waals surface area contributed by atoms with Crippen molar-refractivity contribution in [3.63, 3.8) is 0 Å². The van der Waals surface area contributed by atoms with Gasteiger partial charge in [0.2, 0.25) is 0 Å². The van der Waals surface area contributed by atoms with E-state index in [1.807, 2.05) is 0 Å². The maximum Gasteiger partial charge on any atom is 0.0247 e. The van der Waals surface area contributed by atoms with Gasteiger partial charge in [-0.05, 0) is 36.8 Å². The standard InChI is InChI=1S/C16H28N2/c1-3-5-6-14(4-2)12-18-10-9-15(13-18)11-17-16-7-8-16/h9-10,13-14,16-17H,3-8,11-12H2,1-2H3. The Hall–Kier alpha value is -0.760. The molecule has 1 fully saturated rings. The molecule has 2 rings (SSSR count). The van der Waals surface area contributed by atoms with Crippen LogP contribution in [-0.2, 0) is 13.1 Å². The third kappa shape index (κ3) is 4.49. The van der Waals surface area contributed by atoms with Gasteiger partial charge in [0, 0.05) is 31.5 Å². The summed E-state index contributed by atoms with van der Waals surface area (Å²) in [6.45, 7) is 6.84. The number of aromatic nitrogens is 1. The minimum atomic E-state index is 0.807. The van der Waals surface area contributed by atoms with Crippen molar-refractivity contribution in [3.05, 3.63) is 24.0 Å². The summed E-state index contributed by atoms with van der Waals surface area (Å²) >= 11 is 0. The molecule has 1 heterocycles. The average molecular weight is 248 g/mol. The molecule has 1 aromatic rings. The zero-order chi connectivity index (χ0) is 12.8. The molecule has 1 saturated carbocycles. The number of hydrogen-bond donors (Lipinski definition) is 1. The van der Waals surface area contributed by atoms with Gasteiger partial charge in [-0.15, -0.1) is 0 Å². The molecule has 0 saturated heterocycles. The second kappa shape index (κ2) is 6.98. The van der Waals surface area contributed by atoms with Gasteiger partial charge in [-0.1, -0.05) is 33.1 Å². The molecule has 0 radical (unpaired) electrons. The Morgan fingerprint density at radius 1 is 1.39 bits per heavy atom. The van der Waals surface area contributed by atoms with E-state index in [0.717, 1.165) is 18.5 Å². The fourth-order valence-corrected chi connectivity index (χ4v) is 2.47. The summed E-state index contributed by atoms with van der Waals surface area (Å²) in [5.74, 6) is 0.849. The molecular weight excluding hydrogens is 220 g/mol. The summed E-state index contributed by atoms with van der Waals surface area (Å²) in [5.41, 5.74) is 1.44. The van der Waals surface area contributed by atoms with Crippen LogP contribution in [0.5, 0.6) is 0 Å². The molecule has 0 aliphatic heterocycles. The van der Waals surface area contributed by atoms with Gasteiger partial charge < -0.3 is 9.88 Å². The number of nitrogens with zero attached hydrogens (tertiary/aromatic N) is 1. The molecule has 18 heavy (non-hydrogen) atoms. The third-order valence-corrected chi connectivity index (χ3v) is 4.00. The van der Waals surface area contributed by atoms with Crippen molar-refractivity contribution in [1.29, 1.82) is 0 Å². The van der Waals surface area contributed by atoms with Crippen LogP contribution in [0.1, 0.15) is 57.9 Å². The zero-order valence-corrected chi connectivity index (χ0v) is 12.0. The van der Waals surface area contributed by atoms with Crippen LogP contribution in [0.2, 0.25) is 0 Å². The molecular formula is C16H28N2. The summed E-state index contributed by atoms with van der Waals surface area (Å²) < 4.78 is 2.38. The number of unbranched alkanes of at least 4 members (excludes halogenated alkanes) is 1. The molecule has 2 nitrogen and oxygen atoms in total. The normalized spacial score (nSPS) is 17.0. The van der Waals surface area contributed by atoms with Crippen molar-refractivity contribution in [1.82, 2.24) is 9.88 Å². The number of nitrogens with one attached hydrogen (secondary N) is 1. The summed E-state index contributed by atoms with van der Waals surface area (Å²) in [7, 11) is 0. The maximum atomic E-state index is 3.57. The van der Waals surface area contributed by atoms with Crippen LogP contribution in [0, 0.1) is 5.92 Å². The Bertz CT molecular complexity index is 339. The van der Waals surface area contributed by atoms with Gasteiger partial charge in [-0.2, -0.15) is 0 Å². The van der Waals surface area contributed by atoms with E-state index in [9.17, 15) is 0 Å². The zero-order valence-electron chi connectivity index (χ0n) is 12.0. The largest absolute Gasteiger partial charge is 0.354 e. The summed E-state index contributed by atoms with van der Waals surface area (Å²) in [4.78, 5) is 0. The SMILES string of the molecule is CCCCC(CC)Cn1ccc(CNC2CC2)c1. The molecule has 2 heteroatoms. The molecule has 0 spiro atoms. The molecule has 1 aliphatic rings. The van der Waals surface area contributed by atoms with Gasteiger partial charge in [-0.3, -0.25) is 0 Å². The van der Waals surface area contributed by atoms with E-state index in [1.165, 1.54) is 50.6 Å². The van der Waals surface area contributed by atoms with Gasteiger partial charge >= 0.3 is 0 Å². The molecule has 1 unspecified atom stereocenters. The number of hydrogen-bond acceptors (Lipinski definition) is 1. The lowest BCUT2D eigenvalue weighted by atomic mass is 9.99. The van der Waals surface area contributed by atoms with E-state index < -0.39 is 0 Å². The Morgan fingerprint density at radius 3 is 2.89 bits per heavy atom. The predicted octanol–water partition coefficient (Wildman–Crippen LogP) is 3.96. The van der Waals surface area contributed by atoms with E-state index in [2.05, 4.69) is 42.2 Å². The van der Waals surface area contributed by atoms with Crippen LogP contribution in [0.4, 0.5) is 0 Å². The van der Waals surface area contributed by atoms with Crippen LogP contribution >= 0.6 is 0 Å². The van der Waals surface area contributed by atoms with Crippen LogP contribution in [-0.4, -0.2) is 10.6 Å². The highest BCUT2D eigenvalue weighted by Gasteiger charge is 2.20. The first kappa shape index (κ1) is 13.7. The lowest BCUT2D eigenvalue weighted by molar-refractivity contribution is 0.391. The Kier molecular flexibility index (Phi) is 5.30. The highest BCUT2D eigenvalue weighted by Crippen LogP contribution is 2.20. The van der Waals surface area contributed by atoms with E-state index in [4.69, 9.17) is 0 Å². The summed E-state index contributed by atoms with van der Waals surface area (Å²) in [5, 5.41) is 3.57. The van der Waals surface area contributed by atoms with Crippen LogP contribution in [0.25, 0.3) is 0 Å². The van der Waals surface area contributed by atoms with E-state index in [0.29, 0.717) is 0 Å². The second-order valence-electron chi connectivity index (χ2n) is 5.79. The van der Waals surface area contributed by atoms with E-state index in [1.54, 1.807) is 0 Å². The first-order valence-corrected chi connectivity index (χ1v) is 7.69. The van der Waals surface area contributed by atoms with Crippen LogP contribution < -0.4 is 5.32 Å². The molecule has 0 bridgehead atoms. The first-order valence-electron chi connectivity index (χ1n) is 7.69. The second-order valence-corrected chi connectivity index (χ2v) is 5.79. The Balaban J connectivity index is 1.76. The topological polar surface area (TPSA) is 17.0 Å². The Morgan fingerprint density at radius 2 is 2.22 bits per heavy atom. The van der Waals surface area contributed by atoms with Crippen molar-refractivity contribution < 1.29 is 0 Å². The quantitative estimate of drug-likeness (QED) is 0.700. The van der Waals surface area contributed by atoms with Crippen molar-refractivity contribution in [3.8, 4) is 0 Å². The maximum absolute atomic E-state index is 3.57. The van der Waals surface area contributed by atoms with Gasteiger partial charge in [0.05, 0.1) is 0 Å². The lowest BCUT2D eigenvalue weighted by Gasteiger charge is -2.15. The minimum Gasteiger partial charge on any atom is -0.354 e. The van der Waals surface area contributed by atoms with Crippen molar-refractivity contribution >= 4 is 0 Å². The van der Waals surface area contributed by atoms with Crippen molar-refractivity contribution in [2.45, 2.75) is 71.5 Å². The van der Waals surface area contributed by atoms with Gasteiger partial charge in [-0.25, -0.2) is 0 Å². The average Bonchev–Trinajstić information content (AvgIpc) is 3.12. The lowest BCUT2D eigenvalue weighted by Crippen LogP contribution is -2.15. The van der Waals surface area contributed by atoms with Crippen molar-refractivity contribution in [2.75, 3.05) is 0 Å². The predicted molar refractivity (Wildman–Crippen MR) is 77.6 cm³/mol. The molecule has 0 aromatic carbocycles. The molecule has 1 atom stereocenters. The highest BCUT2D eigenvalue weighted by molar-refractivity contribution is 5.10. The van der Waals surface area contributed by atoms with Crippen LogP contribution in [0.15, 0.2) is 18.5 Å². The number of rotatable bonds is 9. The summed E-state index contributed by atoms with van der Waals surface area (Å²) in [6, 6.07) is 3.07. The van der Waals surface area contributed by atoms with Gasteiger partial charge in [0.1, 0.15) is 0 Å². The summed E-state index contributed by atoms with van der Waals surface area (Å²) in [6.07, 6.45) is 12.7. The molecule has 1 N–H and O–H groups in total. The molecule has 0 amide bonds. The minimum absolute atomic E-state index is 0.807. The smallest absolute Gasteiger partial charge is 0.0247 e.